The molecule has 0 heterocycles. The van der Waals surface area contributed by atoms with Crippen molar-refractivity contribution in [2.75, 3.05) is 0 Å². The Hall–Kier alpha value is -0.900. The van der Waals surface area contributed by atoms with Gasteiger partial charge in [-0.2, -0.15) is 0 Å². The fourth-order valence-electron chi connectivity index (χ4n) is 1.59. The summed E-state index contributed by atoms with van der Waals surface area (Å²) >= 11 is 3.40. The molecule has 1 aliphatic carbocycles. The van der Waals surface area contributed by atoms with Crippen LogP contribution >= 0.6 is 15.9 Å². The summed E-state index contributed by atoms with van der Waals surface area (Å²) in [5, 5.41) is 11.4. The van der Waals surface area contributed by atoms with Gasteiger partial charge in [-0.3, -0.25) is 10.1 Å². The van der Waals surface area contributed by atoms with Crippen molar-refractivity contribution in [2.24, 2.45) is 0 Å². The lowest BCUT2D eigenvalue weighted by atomic mass is 10.0. The molecule has 0 N–H and O–H groups in total. The van der Waals surface area contributed by atoms with Gasteiger partial charge < -0.3 is 0 Å². The summed E-state index contributed by atoms with van der Waals surface area (Å²) in [7, 11) is 0. The molecule has 0 aliphatic heterocycles. The summed E-state index contributed by atoms with van der Waals surface area (Å²) < 4.78 is 0. The maximum Gasteiger partial charge on any atom is 0.269 e. The number of alkyl halides is 1. The van der Waals surface area contributed by atoms with Gasteiger partial charge in [-0.25, -0.2) is 0 Å². The molecule has 0 saturated heterocycles. The summed E-state index contributed by atoms with van der Waals surface area (Å²) in [4.78, 5) is 10.3. The second kappa shape index (κ2) is 3.69. The molecule has 1 aliphatic rings. The van der Waals surface area contributed by atoms with Crippen LogP contribution in [0, 0.1) is 10.1 Å². The third-order valence-electron chi connectivity index (χ3n) is 2.50. The molecule has 1 aromatic rings. The van der Waals surface area contributed by atoms with Crippen molar-refractivity contribution in [3.05, 3.63) is 39.4 Å². The molecule has 2 rings (SSSR count). The molecule has 0 radical (unpaired) electrons. The van der Waals surface area contributed by atoms with E-state index in [1.54, 1.807) is 12.1 Å². The van der Waals surface area contributed by atoms with E-state index >= 15 is 0 Å². The van der Waals surface area contributed by atoms with Crippen LogP contribution in [0.5, 0.6) is 0 Å². The molecule has 1 saturated carbocycles. The van der Waals surface area contributed by atoms with Crippen LogP contribution in [0.2, 0.25) is 0 Å². The van der Waals surface area contributed by atoms with Gasteiger partial charge in [0.15, 0.2) is 0 Å². The molecule has 3 nitrogen and oxygen atoms in total. The molecule has 0 unspecified atom stereocenters. The monoisotopic (exact) mass is 255 g/mol. The molecule has 1 fully saturated rings. The maximum atomic E-state index is 10.6. The van der Waals surface area contributed by atoms with Crippen LogP contribution in [0.3, 0.4) is 0 Å². The van der Waals surface area contributed by atoms with E-state index in [2.05, 4.69) is 15.9 Å². The van der Waals surface area contributed by atoms with E-state index in [-0.39, 0.29) is 10.6 Å². The van der Waals surface area contributed by atoms with Gasteiger partial charge in [0.25, 0.3) is 5.69 Å². The Kier molecular flexibility index (Phi) is 2.54. The predicted octanol–water partition coefficient (Wildman–Crippen LogP) is 3.37. The molecule has 0 atom stereocenters. The van der Waals surface area contributed by atoms with E-state index < -0.39 is 0 Å². The van der Waals surface area contributed by atoms with Gasteiger partial charge in [0.1, 0.15) is 0 Å². The molecule has 74 valence electrons. The van der Waals surface area contributed by atoms with Crippen LogP contribution < -0.4 is 0 Å². The average molecular weight is 256 g/mol. The molecule has 0 bridgehead atoms. The van der Waals surface area contributed by atoms with Gasteiger partial charge in [0.05, 0.1) is 4.92 Å². The minimum atomic E-state index is -0.329. The third-order valence-corrected chi connectivity index (χ3v) is 3.11. The van der Waals surface area contributed by atoms with Crippen molar-refractivity contribution in [3.8, 4) is 0 Å². The van der Waals surface area contributed by atoms with Crippen LogP contribution in [-0.4, -0.2) is 4.92 Å². The van der Waals surface area contributed by atoms with Crippen LogP contribution in [0.15, 0.2) is 18.2 Å². The molecule has 0 aromatic heterocycles. The number of hydrogen-bond acceptors (Lipinski definition) is 2. The second-order valence-electron chi connectivity index (χ2n) is 3.55. The lowest BCUT2D eigenvalue weighted by Gasteiger charge is -2.04. The first-order chi connectivity index (χ1) is 6.72. The van der Waals surface area contributed by atoms with E-state index in [1.807, 2.05) is 6.07 Å². The first kappa shape index (κ1) is 9.65. The van der Waals surface area contributed by atoms with Crippen molar-refractivity contribution in [2.45, 2.75) is 24.1 Å². The molecular formula is C10H10BrNO2. The van der Waals surface area contributed by atoms with Crippen molar-refractivity contribution in [1.29, 1.82) is 0 Å². The van der Waals surface area contributed by atoms with E-state index in [0.717, 1.165) is 10.9 Å². The molecule has 0 spiro atoms. The van der Waals surface area contributed by atoms with Crippen LogP contribution in [0.25, 0.3) is 0 Å². The Morgan fingerprint density at radius 1 is 1.50 bits per heavy atom. The number of rotatable bonds is 3. The van der Waals surface area contributed by atoms with Gasteiger partial charge in [-0.15, -0.1) is 0 Å². The summed E-state index contributed by atoms with van der Waals surface area (Å²) in [5.74, 6) is 0.558. The average Bonchev–Trinajstić information content (AvgIpc) is 3.00. The zero-order chi connectivity index (χ0) is 10.1. The van der Waals surface area contributed by atoms with Gasteiger partial charge in [-0.05, 0) is 29.9 Å². The normalized spacial score (nSPS) is 15.5. The number of non-ortho nitro benzene ring substituents is 1. The van der Waals surface area contributed by atoms with Gasteiger partial charge in [0, 0.05) is 17.5 Å². The fourth-order valence-corrected chi connectivity index (χ4v) is 2.10. The SMILES string of the molecule is O=[N+]([O-])c1ccc(CBr)c(C2CC2)c1. The molecule has 0 amide bonds. The van der Waals surface area contributed by atoms with Crippen molar-refractivity contribution in [3.63, 3.8) is 0 Å². The second-order valence-corrected chi connectivity index (χ2v) is 4.11. The predicted molar refractivity (Wildman–Crippen MR) is 57.7 cm³/mol. The number of hydrogen-bond donors (Lipinski definition) is 0. The van der Waals surface area contributed by atoms with E-state index in [4.69, 9.17) is 0 Å². The molecule has 4 heteroatoms. The minimum absolute atomic E-state index is 0.205. The highest BCUT2D eigenvalue weighted by Crippen LogP contribution is 2.43. The highest BCUT2D eigenvalue weighted by atomic mass is 79.9. The topological polar surface area (TPSA) is 43.1 Å². The Balaban J connectivity index is 2.41. The number of nitro groups is 1. The van der Waals surface area contributed by atoms with Crippen molar-refractivity contribution >= 4 is 21.6 Å². The number of nitrogens with zero attached hydrogens (tertiary/aromatic N) is 1. The number of nitro benzene ring substituents is 1. The Morgan fingerprint density at radius 3 is 2.71 bits per heavy atom. The molecule has 14 heavy (non-hydrogen) atoms. The van der Waals surface area contributed by atoms with E-state index in [0.29, 0.717) is 5.92 Å². The zero-order valence-electron chi connectivity index (χ0n) is 7.57. The van der Waals surface area contributed by atoms with Crippen LogP contribution in [0.1, 0.15) is 29.9 Å². The van der Waals surface area contributed by atoms with Gasteiger partial charge in [-0.1, -0.05) is 22.0 Å². The third kappa shape index (κ3) is 1.80. The van der Waals surface area contributed by atoms with Gasteiger partial charge >= 0.3 is 0 Å². The number of benzene rings is 1. The van der Waals surface area contributed by atoms with Crippen LogP contribution in [0.4, 0.5) is 5.69 Å². The summed E-state index contributed by atoms with van der Waals surface area (Å²) in [6, 6.07) is 5.14. The Labute approximate surface area is 90.4 Å². The Bertz CT molecular complexity index is 374. The highest BCUT2D eigenvalue weighted by Gasteiger charge is 2.27. The standard InChI is InChI=1S/C10H10BrNO2/c11-6-8-3-4-9(12(13)14)5-10(8)7-1-2-7/h3-5,7H,1-2,6H2. The lowest BCUT2D eigenvalue weighted by Crippen LogP contribution is -1.93. The smallest absolute Gasteiger partial charge is 0.258 e. The largest absolute Gasteiger partial charge is 0.269 e. The first-order valence-corrected chi connectivity index (χ1v) is 5.67. The van der Waals surface area contributed by atoms with Gasteiger partial charge in [0.2, 0.25) is 0 Å². The summed E-state index contributed by atoms with van der Waals surface area (Å²) in [5.41, 5.74) is 2.53. The van der Waals surface area contributed by atoms with Crippen molar-refractivity contribution < 1.29 is 4.92 Å². The summed E-state index contributed by atoms with van der Waals surface area (Å²) in [6.45, 7) is 0. The first-order valence-electron chi connectivity index (χ1n) is 4.55. The Morgan fingerprint density at radius 2 is 2.21 bits per heavy atom. The molecule has 1 aromatic carbocycles. The minimum Gasteiger partial charge on any atom is -0.258 e. The van der Waals surface area contributed by atoms with E-state index in [9.17, 15) is 10.1 Å². The van der Waals surface area contributed by atoms with Crippen molar-refractivity contribution in [1.82, 2.24) is 0 Å². The maximum absolute atomic E-state index is 10.6. The van der Waals surface area contributed by atoms with E-state index in [1.165, 1.54) is 18.4 Å². The quantitative estimate of drug-likeness (QED) is 0.472. The summed E-state index contributed by atoms with van der Waals surface area (Å²) in [6.07, 6.45) is 2.34. The zero-order valence-corrected chi connectivity index (χ0v) is 9.16. The number of halogens is 1. The van der Waals surface area contributed by atoms with Crippen LogP contribution in [-0.2, 0) is 5.33 Å². The highest BCUT2D eigenvalue weighted by molar-refractivity contribution is 9.08. The molecular weight excluding hydrogens is 246 g/mol. The lowest BCUT2D eigenvalue weighted by molar-refractivity contribution is -0.384. The fraction of sp³-hybridized carbons (Fsp3) is 0.400.